The SMILES string of the molecule is N#C/C(=C/N1CCN(CCN)CC1)C(=O)Nc1cccc2c(O)cccc12. The Morgan fingerprint density at radius 2 is 1.89 bits per heavy atom. The maximum Gasteiger partial charge on any atom is 0.267 e. The van der Waals surface area contributed by atoms with Crippen LogP contribution in [0.5, 0.6) is 5.75 Å². The lowest BCUT2D eigenvalue weighted by Crippen LogP contribution is -2.45. The average molecular weight is 365 g/mol. The fraction of sp³-hybridized carbons (Fsp3) is 0.300. The number of phenolic OH excluding ortho intramolecular Hbond substituents is 1. The van der Waals surface area contributed by atoms with E-state index in [0.29, 0.717) is 17.6 Å². The van der Waals surface area contributed by atoms with E-state index in [1.165, 1.54) is 0 Å². The second-order valence-corrected chi connectivity index (χ2v) is 6.45. The summed E-state index contributed by atoms with van der Waals surface area (Å²) in [7, 11) is 0. The molecule has 4 N–H and O–H groups in total. The van der Waals surface area contributed by atoms with Crippen LogP contribution >= 0.6 is 0 Å². The Bertz CT molecular complexity index is 895. The number of nitrogens with two attached hydrogens (primary N) is 1. The number of phenols is 1. The number of fused-ring (bicyclic) bond motifs is 1. The Labute approximate surface area is 158 Å². The van der Waals surface area contributed by atoms with Crippen LogP contribution in [0, 0.1) is 11.3 Å². The lowest BCUT2D eigenvalue weighted by molar-refractivity contribution is -0.112. The van der Waals surface area contributed by atoms with Gasteiger partial charge in [0.15, 0.2) is 0 Å². The molecule has 1 fully saturated rings. The summed E-state index contributed by atoms with van der Waals surface area (Å²) in [6, 6.07) is 12.4. The summed E-state index contributed by atoms with van der Waals surface area (Å²) in [5, 5.41) is 23.5. The number of piperazine rings is 1. The molecule has 1 amide bonds. The van der Waals surface area contributed by atoms with Gasteiger partial charge in [-0.3, -0.25) is 9.69 Å². The fourth-order valence-corrected chi connectivity index (χ4v) is 3.21. The van der Waals surface area contributed by atoms with E-state index in [2.05, 4.69) is 10.2 Å². The van der Waals surface area contributed by atoms with Gasteiger partial charge in [0, 0.05) is 61.9 Å². The van der Waals surface area contributed by atoms with E-state index in [1.807, 2.05) is 17.0 Å². The van der Waals surface area contributed by atoms with E-state index in [4.69, 9.17) is 5.73 Å². The first-order chi connectivity index (χ1) is 13.1. The number of nitriles is 1. The zero-order valence-electron chi connectivity index (χ0n) is 15.1. The zero-order valence-corrected chi connectivity index (χ0v) is 15.1. The van der Waals surface area contributed by atoms with Crippen molar-refractivity contribution in [1.29, 1.82) is 5.26 Å². The molecule has 0 bridgehead atoms. The predicted molar refractivity (Wildman–Crippen MR) is 105 cm³/mol. The number of amides is 1. The third-order valence-electron chi connectivity index (χ3n) is 4.68. The van der Waals surface area contributed by atoms with Gasteiger partial charge < -0.3 is 21.1 Å². The topological polar surface area (TPSA) is 106 Å². The van der Waals surface area contributed by atoms with Gasteiger partial charge in [-0.15, -0.1) is 0 Å². The van der Waals surface area contributed by atoms with Crippen molar-refractivity contribution in [2.45, 2.75) is 0 Å². The summed E-state index contributed by atoms with van der Waals surface area (Å²) < 4.78 is 0. The number of hydrogen-bond acceptors (Lipinski definition) is 6. The first-order valence-electron chi connectivity index (χ1n) is 8.93. The molecule has 0 radical (unpaired) electrons. The van der Waals surface area contributed by atoms with Gasteiger partial charge in [-0.05, 0) is 12.1 Å². The Kier molecular flexibility index (Phi) is 5.91. The number of carbonyl (C=O) groups is 1. The molecule has 0 saturated carbocycles. The smallest absolute Gasteiger partial charge is 0.267 e. The second kappa shape index (κ2) is 8.54. The molecule has 0 unspecified atom stereocenters. The molecule has 1 aliphatic rings. The fourth-order valence-electron chi connectivity index (χ4n) is 3.21. The molecule has 0 atom stereocenters. The summed E-state index contributed by atoms with van der Waals surface area (Å²) in [6.45, 7) is 4.70. The van der Waals surface area contributed by atoms with Crippen LogP contribution in [0.2, 0.25) is 0 Å². The minimum atomic E-state index is -0.460. The molecule has 2 aromatic carbocycles. The van der Waals surface area contributed by atoms with E-state index in [9.17, 15) is 15.2 Å². The van der Waals surface area contributed by atoms with Crippen molar-refractivity contribution in [2.24, 2.45) is 5.73 Å². The number of anilines is 1. The van der Waals surface area contributed by atoms with Crippen LogP contribution in [0.15, 0.2) is 48.2 Å². The number of nitrogens with one attached hydrogen (secondary N) is 1. The molecule has 7 nitrogen and oxygen atoms in total. The van der Waals surface area contributed by atoms with Crippen molar-refractivity contribution in [3.05, 3.63) is 48.2 Å². The van der Waals surface area contributed by atoms with Crippen molar-refractivity contribution in [3.63, 3.8) is 0 Å². The molecular formula is C20H23N5O2. The van der Waals surface area contributed by atoms with Gasteiger partial charge in [0.05, 0.1) is 0 Å². The molecule has 0 aromatic heterocycles. The molecule has 1 saturated heterocycles. The van der Waals surface area contributed by atoms with Gasteiger partial charge in [0.25, 0.3) is 5.91 Å². The molecule has 140 valence electrons. The number of benzene rings is 2. The molecule has 0 spiro atoms. The Hall–Kier alpha value is -3.08. The first kappa shape index (κ1) is 18.7. The van der Waals surface area contributed by atoms with Gasteiger partial charge in [-0.2, -0.15) is 5.26 Å². The van der Waals surface area contributed by atoms with Crippen molar-refractivity contribution >= 4 is 22.4 Å². The van der Waals surface area contributed by atoms with E-state index in [-0.39, 0.29) is 11.3 Å². The lowest BCUT2D eigenvalue weighted by Gasteiger charge is -2.33. The number of rotatable bonds is 5. The van der Waals surface area contributed by atoms with Gasteiger partial charge in [-0.1, -0.05) is 24.3 Å². The maximum atomic E-state index is 12.6. The molecule has 2 aromatic rings. The highest BCUT2D eigenvalue weighted by Gasteiger charge is 2.17. The molecule has 7 heteroatoms. The minimum absolute atomic E-state index is 0.0550. The van der Waals surface area contributed by atoms with Gasteiger partial charge in [0.2, 0.25) is 0 Å². The van der Waals surface area contributed by atoms with Gasteiger partial charge >= 0.3 is 0 Å². The minimum Gasteiger partial charge on any atom is -0.507 e. The van der Waals surface area contributed by atoms with Gasteiger partial charge in [-0.25, -0.2) is 0 Å². The lowest BCUT2D eigenvalue weighted by atomic mass is 10.1. The number of hydrogen-bond donors (Lipinski definition) is 3. The monoisotopic (exact) mass is 365 g/mol. The Balaban J connectivity index is 1.73. The number of aromatic hydroxyl groups is 1. The van der Waals surface area contributed by atoms with Crippen LogP contribution < -0.4 is 11.1 Å². The molecule has 1 aliphatic heterocycles. The summed E-state index contributed by atoms with van der Waals surface area (Å²) >= 11 is 0. The molecular weight excluding hydrogens is 342 g/mol. The van der Waals surface area contributed by atoms with Crippen LogP contribution in [-0.2, 0) is 4.79 Å². The van der Waals surface area contributed by atoms with Gasteiger partial charge in [0.1, 0.15) is 17.4 Å². The number of carbonyl (C=O) groups excluding carboxylic acids is 1. The Morgan fingerprint density at radius 3 is 2.59 bits per heavy atom. The second-order valence-electron chi connectivity index (χ2n) is 6.45. The third-order valence-corrected chi connectivity index (χ3v) is 4.68. The zero-order chi connectivity index (χ0) is 19.2. The van der Waals surface area contributed by atoms with Crippen molar-refractivity contribution < 1.29 is 9.90 Å². The van der Waals surface area contributed by atoms with Crippen molar-refractivity contribution in [2.75, 3.05) is 44.6 Å². The van der Waals surface area contributed by atoms with Crippen molar-refractivity contribution in [1.82, 2.24) is 9.80 Å². The normalized spacial score (nSPS) is 15.6. The summed E-state index contributed by atoms with van der Waals surface area (Å²) in [6.07, 6.45) is 1.62. The van der Waals surface area contributed by atoms with Crippen LogP contribution in [0.1, 0.15) is 0 Å². The summed E-state index contributed by atoms with van der Waals surface area (Å²) in [5.41, 5.74) is 6.19. The molecule has 1 heterocycles. The van der Waals surface area contributed by atoms with Crippen LogP contribution in [0.25, 0.3) is 10.8 Å². The highest BCUT2D eigenvalue weighted by Crippen LogP contribution is 2.30. The molecule has 3 rings (SSSR count). The van der Waals surface area contributed by atoms with E-state index >= 15 is 0 Å². The molecule has 0 aliphatic carbocycles. The quantitative estimate of drug-likeness (QED) is 0.547. The Morgan fingerprint density at radius 1 is 1.19 bits per heavy atom. The van der Waals surface area contributed by atoms with E-state index in [1.54, 1.807) is 36.5 Å². The highest BCUT2D eigenvalue weighted by molar-refractivity contribution is 6.11. The van der Waals surface area contributed by atoms with E-state index in [0.717, 1.165) is 38.1 Å². The van der Waals surface area contributed by atoms with E-state index < -0.39 is 5.91 Å². The average Bonchev–Trinajstić information content (AvgIpc) is 2.68. The predicted octanol–water partition coefficient (Wildman–Crippen LogP) is 1.47. The summed E-state index contributed by atoms with van der Waals surface area (Å²) in [4.78, 5) is 16.8. The largest absolute Gasteiger partial charge is 0.507 e. The number of nitrogens with zero attached hydrogens (tertiary/aromatic N) is 3. The standard InChI is InChI=1S/C20H23N5O2/c21-7-8-24-9-11-25(12-10-24)14-15(13-22)20(27)23-18-5-1-4-17-16(18)3-2-6-19(17)26/h1-6,14,26H,7-12,21H2,(H,23,27)/b15-14-. The molecule has 27 heavy (non-hydrogen) atoms. The maximum absolute atomic E-state index is 12.6. The summed E-state index contributed by atoms with van der Waals surface area (Å²) in [5.74, 6) is -0.312. The van der Waals surface area contributed by atoms with Crippen LogP contribution in [0.4, 0.5) is 5.69 Å². The van der Waals surface area contributed by atoms with Crippen LogP contribution in [0.3, 0.4) is 0 Å². The van der Waals surface area contributed by atoms with Crippen LogP contribution in [-0.4, -0.2) is 60.1 Å². The first-order valence-corrected chi connectivity index (χ1v) is 8.93. The third kappa shape index (κ3) is 4.37. The highest BCUT2D eigenvalue weighted by atomic mass is 16.3. The van der Waals surface area contributed by atoms with Crippen molar-refractivity contribution in [3.8, 4) is 11.8 Å².